The first kappa shape index (κ1) is 11.3. The van der Waals surface area contributed by atoms with Crippen molar-refractivity contribution in [3.8, 4) is 28.4 Å². The molecule has 3 heteroatoms. The normalized spacial score (nSPS) is 10.5. The number of aromatic hydroxyl groups is 3. The molecule has 0 saturated heterocycles. The van der Waals surface area contributed by atoms with Crippen molar-refractivity contribution in [3.05, 3.63) is 41.5 Å². The third kappa shape index (κ3) is 1.91. The molecule has 0 aliphatic rings. The Morgan fingerprint density at radius 3 is 2.24 bits per heavy atom. The molecule has 2 rings (SSSR count). The summed E-state index contributed by atoms with van der Waals surface area (Å²) < 4.78 is 0. The Kier molecular flexibility index (Phi) is 2.68. The Balaban J connectivity index is 2.65. The zero-order valence-corrected chi connectivity index (χ0v) is 9.73. The lowest BCUT2D eigenvalue weighted by Crippen LogP contribution is -1.86. The second kappa shape index (κ2) is 4.01. The number of aryl methyl sites for hydroxylation is 1. The predicted molar refractivity (Wildman–Crippen MR) is 66.3 cm³/mol. The van der Waals surface area contributed by atoms with Crippen LogP contribution in [0.5, 0.6) is 17.2 Å². The van der Waals surface area contributed by atoms with Gasteiger partial charge in [0, 0.05) is 5.56 Å². The van der Waals surface area contributed by atoms with Crippen LogP contribution in [0.25, 0.3) is 11.1 Å². The van der Waals surface area contributed by atoms with E-state index in [1.807, 2.05) is 19.9 Å². The fourth-order valence-electron chi connectivity index (χ4n) is 1.76. The van der Waals surface area contributed by atoms with E-state index in [1.54, 1.807) is 18.2 Å². The summed E-state index contributed by atoms with van der Waals surface area (Å²) in [5.41, 5.74) is 2.93. The number of rotatable bonds is 1. The van der Waals surface area contributed by atoms with Crippen LogP contribution in [0, 0.1) is 13.8 Å². The second-order valence-corrected chi connectivity index (χ2v) is 4.11. The van der Waals surface area contributed by atoms with Crippen LogP contribution >= 0.6 is 0 Å². The Bertz CT molecular complexity index is 551. The summed E-state index contributed by atoms with van der Waals surface area (Å²) in [7, 11) is 0. The van der Waals surface area contributed by atoms with E-state index in [-0.39, 0.29) is 17.2 Å². The first-order valence-corrected chi connectivity index (χ1v) is 5.32. The molecule has 2 aromatic rings. The second-order valence-electron chi connectivity index (χ2n) is 4.11. The quantitative estimate of drug-likeness (QED) is 0.660. The van der Waals surface area contributed by atoms with E-state index >= 15 is 0 Å². The van der Waals surface area contributed by atoms with Gasteiger partial charge in [0.15, 0.2) is 11.5 Å². The molecule has 3 nitrogen and oxygen atoms in total. The topological polar surface area (TPSA) is 60.7 Å². The van der Waals surface area contributed by atoms with Gasteiger partial charge in [-0.3, -0.25) is 0 Å². The zero-order valence-electron chi connectivity index (χ0n) is 9.73. The number of hydrogen-bond donors (Lipinski definition) is 3. The monoisotopic (exact) mass is 230 g/mol. The number of benzene rings is 2. The molecule has 3 N–H and O–H groups in total. The maximum atomic E-state index is 9.77. The van der Waals surface area contributed by atoms with Gasteiger partial charge in [0.25, 0.3) is 0 Å². The van der Waals surface area contributed by atoms with Crippen LogP contribution < -0.4 is 0 Å². The molecule has 0 aliphatic carbocycles. The Morgan fingerprint density at radius 2 is 1.59 bits per heavy atom. The van der Waals surface area contributed by atoms with Gasteiger partial charge in [-0.25, -0.2) is 0 Å². The first-order chi connectivity index (χ1) is 8.00. The van der Waals surface area contributed by atoms with Crippen LogP contribution in [0.3, 0.4) is 0 Å². The maximum Gasteiger partial charge on any atom is 0.165 e. The van der Waals surface area contributed by atoms with Gasteiger partial charge in [-0.15, -0.1) is 0 Å². The molecule has 0 radical (unpaired) electrons. The van der Waals surface area contributed by atoms with Crippen molar-refractivity contribution in [2.75, 3.05) is 0 Å². The fraction of sp³-hybridized carbons (Fsp3) is 0.143. The molecular weight excluding hydrogens is 216 g/mol. The van der Waals surface area contributed by atoms with Crippen molar-refractivity contribution in [2.45, 2.75) is 13.8 Å². The van der Waals surface area contributed by atoms with Crippen LogP contribution in [-0.2, 0) is 0 Å². The molecule has 0 unspecified atom stereocenters. The summed E-state index contributed by atoms with van der Waals surface area (Å²) in [5.74, 6) is -0.155. The van der Waals surface area contributed by atoms with Crippen molar-refractivity contribution in [2.24, 2.45) is 0 Å². The van der Waals surface area contributed by atoms with Gasteiger partial charge in [0.05, 0.1) is 0 Å². The SMILES string of the molecule is Cc1cc(-c2cccc(O)c2O)cc(O)c1C. The highest BCUT2D eigenvalue weighted by atomic mass is 16.3. The molecule has 0 bridgehead atoms. The first-order valence-electron chi connectivity index (χ1n) is 5.32. The van der Waals surface area contributed by atoms with Crippen LogP contribution in [0.4, 0.5) is 0 Å². The summed E-state index contributed by atoms with van der Waals surface area (Å²) in [6, 6.07) is 8.20. The maximum absolute atomic E-state index is 9.77. The standard InChI is InChI=1S/C14H14O3/c1-8-6-10(7-13(16)9(8)2)11-4-3-5-12(15)14(11)17/h3-7,15-17H,1-2H3. The summed E-state index contributed by atoms with van der Waals surface area (Å²) >= 11 is 0. The van der Waals surface area contributed by atoms with Crippen LogP contribution in [0.1, 0.15) is 11.1 Å². The van der Waals surface area contributed by atoms with E-state index in [1.165, 1.54) is 6.07 Å². The third-order valence-corrected chi connectivity index (χ3v) is 2.97. The van der Waals surface area contributed by atoms with Crippen molar-refractivity contribution in [1.29, 1.82) is 0 Å². The van der Waals surface area contributed by atoms with Gasteiger partial charge in [-0.05, 0) is 42.7 Å². The molecule has 0 aliphatic heterocycles. The van der Waals surface area contributed by atoms with E-state index in [0.717, 1.165) is 11.1 Å². The van der Waals surface area contributed by atoms with Crippen LogP contribution in [-0.4, -0.2) is 15.3 Å². The van der Waals surface area contributed by atoms with E-state index in [9.17, 15) is 15.3 Å². The molecule has 0 amide bonds. The summed E-state index contributed by atoms with van der Waals surface area (Å²) in [4.78, 5) is 0. The van der Waals surface area contributed by atoms with Crippen LogP contribution in [0.15, 0.2) is 30.3 Å². The molecule has 0 spiro atoms. The van der Waals surface area contributed by atoms with Gasteiger partial charge in [-0.1, -0.05) is 18.2 Å². The predicted octanol–water partition coefficient (Wildman–Crippen LogP) is 3.09. The van der Waals surface area contributed by atoms with Gasteiger partial charge < -0.3 is 15.3 Å². The van der Waals surface area contributed by atoms with Crippen molar-refractivity contribution in [3.63, 3.8) is 0 Å². The van der Waals surface area contributed by atoms with Crippen molar-refractivity contribution >= 4 is 0 Å². The van der Waals surface area contributed by atoms with E-state index in [2.05, 4.69) is 0 Å². The molecule has 2 aromatic carbocycles. The summed E-state index contributed by atoms with van der Waals surface area (Å²) in [6.07, 6.45) is 0. The third-order valence-electron chi connectivity index (χ3n) is 2.97. The van der Waals surface area contributed by atoms with E-state index in [4.69, 9.17) is 0 Å². The van der Waals surface area contributed by atoms with Gasteiger partial charge in [0.2, 0.25) is 0 Å². The largest absolute Gasteiger partial charge is 0.508 e. The minimum Gasteiger partial charge on any atom is -0.508 e. The molecule has 17 heavy (non-hydrogen) atoms. The summed E-state index contributed by atoms with van der Waals surface area (Å²) in [5, 5.41) is 29.0. The fourth-order valence-corrected chi connectivity index (χ4v) is 1.76. The lowest BCUT2D eigenvalue weighted by atomic mass is 9.98. The minimum absolute atomic E-state index is 0.166. The lowest BCUT2D eigenvalue weighted by molar-refractivity contribution is 0.405. The molecule has 0 aromatic heterocycles. The Hall–Kier alpha value is -2.16. The number of phenolic OH excluding ortho intramolecular Hbond substituents is 3. The van der Waals surface area contributed by atoms with Gasteiger partial charge in [-0.2, -0.15) is 0 Å². The highest BCUT2D eigenvalue weighted by Crippen LogP contribution is 2.38. The van der Waals surface area contributed by atoms with Crippen LogP contribution in [0.2, 0.25) is 0 Å². The molecule has 0 saturated carbocycles. The lowest BCUT2D eigenvalue weighted by Gasteiger charge is -2.10. The average molecular weight is 230 g/mol. The number of phenols is 3. The van der Waals surface area contributed by atoms with Crippen molar-refractivity contribution < 1.29 is 15.3 Å². The Morgan fingerprint density at radius 1 is 0.882 bits per heavy atom. The summed E-state index contributed by atoms with van der Waals surface area (Å²) in [6.45, 7) is 3.72. The smallest absolute Gasteiger partial charge is 0.165 e. The number of para-hydroxylation sites is 1. The van der Waals surface area contributed by atoms with E-state index < -0.39 is 0 Å². The average Bonchev–Trinajstić information content (AvgIpc) is 2.29. The Labute approximate surface area is 99.6 Å². The molecule has 0 fully saturated rings. The molecular formula is C14H14O3. The number of hydrogen-bond acceptors (Lipinski definition) is 3. The minimum atomic E-state index is -0.171. The van der Waals surface area contributed by atoms with E-state index in [0.29, 0.717) is 11.1 Å². The highest BCUT2D eigenvalue weighted by molar-refractivity contribution is 5.75. The molecule has 0 atom stereocenters. The molecule has 88 valence electrons. The van der Waals surface area contributed by atoms with Gasteiger partial charge >= 0.3 is 0 Å². The molecule has 0 heterocycles. The highest BCUT2D eigenvalue weighted by Gasteiger charge is 2.10. The van der Waals surface area contributed by atoms with Gasteiger partial charge in [0.1, 0.15) is 5.75 Å². The zero-order chi connectivity index (χ0) is 12.6. The van der Waals surface area contributed by atoms with Crippen molar-refractivity contribution in [1.82, 2.24) is 0 Å².